The maximum atomic E-state index is 11.7. The summed E-state index contributed by atoms with van der Waals surface area (Å²) in [5, 5.41) is 11.9. The molecule has 88 valence electrons. The van der Waals surface area contributed by atoms with Crippen molar-refractivity contribution in [2.75, 3.05) is 5.32 Å². The van der Waals surface area contributed by atoms with Crippen LogP contribution in [0.1, 0.15) is 19.4 Å². The van der Waals surface area contributed by atoms with Crippen LogP contribution in [0.15, 0.2) is 24.3 Å². The first-order chi connectivity index (χ1) is 7.56. The second kappa shape index (κ2) is 5.63. The summed E-state index contributed by atoms with van der Waals surface area (Å²) in [5.41, 5.74) is 6.99. The molecule has 0 aliphatic heterocycles. The van der Waals surface area contributed by atoms with Gasteiger partial charge in [-0.25, -0.2) is 0 Å². The Hall–Kier alpha value is -1.39. The quantitative estimate of drug-likeness (QED) is 0.714. The van der Waals surface area contributed by atoms with Crippen LogP contribution >= 0.6 is 0 Å². The van der Waals surface area contributed by atoms with E-state index in [4.69, 9.17) is 10.8 Å². The van der Waals surface area contributed by atoms with Crippen molar-refractivity contribution >= 4 is 11.6 Å². The molecule has 4 nitrogen and oxygen atoms in total. The van der Waals surface area contributed by atoms with Gasteiger partial charge in [0, 0.05) is 17.3 Å². The summed E-state index contributed by atoms with van der Waals surface area (Å²) in [5.74, 6) is -0.386. The minimum Gasteiger partial charge on any atom is -0.392 e. The number of hydrogen-bond acceptors (Lipinski definition) is 3. The molecule has 2 atom stereocenters. The van der Waals surface area contributed by atoms with Crippen molar-refractivity contribution in [2.24, 2.45) is 11.7 Å². The van der Waals surface area contributed by atoms with Gasteiger partial charge >= 0.3 is 0 Å². The van der Waals surface area contributed by atoms with Gasteiger partial charge in [0.2, 0.25) is 5.91 Å². The van der Waals surface area contributed by atoms with Crippen LogP contribution in [0.5, 0.6) is 0 Å². The minimum absolute atomic E-state index is 0.0942. The highest BCUT2D eigenvalue weighted by atomic mass is 16.3. The van der Waals surface area contributed by atoms with E-state index in [1.165, 1.54) is 0 Å². The Kier molecular flexibility index (Phi) is 4.46. The van der Waals surface area contributed by atoms with Crippen molar-refractivity contribution in [1.82, 2.24) is 0 Å². The van der Waals surface area contributed by atoms with Crippen LogP contribution in [-0.2, 0) is 11.4 Å². The molecule has 0 aliphatic carbocycles. The van der Waals surface area contributed by atoms with Gasteiger partial charge in [-0.1, -0.05) is 25.1 Å². The molecule has 4 heteroatoms. The summed E-state index contributed by atoms with van der Waals surface area (Å²) < 4.78 is 0. The maximum absolute atomic E-state index is 11.7. The summed E-state index contributed by atoms with van der Waals surface area (Å²) in [6, 6.07) is 6.96. The summed E-state index contributed by atoms with van der Waals surface area (Å²) in [6.07, 6.45) is 0. The lowest BCUT2D eigenvalue weighted by Gasteiger charge is -2.16. The molecule has 0 heterocycles. The number of benzene rings is 1. The number of nitrogens with one attached hydrogen (secondary N) is 1. The second-order valence-corrected chi connectivity index (χ2v) is 3.95. The molecular formula is C12H18N2O2. The third-order valence-electron chi connectivity index (χ3n) is 2.65. The molecule has 0 aromatic heterocycles. The third-order valence-corrected chi connectivity index (χ3v) is 2.65. The number of aliphatic hydroxyl groups is 1. The number of nitrogens with two attached hydrogens (primary N) is 1. The fourth-order valence-electron chi connectivity index (χ4n) is 1.27. The molecule has 0 saturated heterocycles. The Morgan fingerprint density at radius 2 is 2.06 bits per heavy atom. The lowest BCUT2D eigenvalue weighted by atomic mass is 10.0. The zero-order chi connectivity index (χ0) is 12.1. The van der Waals surface area contributed by atoms with Gasteiger partial charge < -0.3 is 16.2 Å². The Labute approximate surface area is 95.5 Å². The van der Waals surface area contributed by atoms with Gasteiger partial charge in [-0.2, -0.15) is 0 Å². The number of carbonyl (C=O) groups excluding carboxylic acids is 1. The smallest absolute Gasteiger partial charge is 0.228 e. The van der Waals surface area contributed by atoms with Crippen LogP contribution in [0, 0.1) is 5.92 Å². The van der Waals surface area contributed by atoms with Gasteiger partial charge in [0.1, 0.15) is 0 Å². The average Bonchev–Trinajstić information content (AvgIpc) is 2.28. The molecule has 0 spiro atoms. The molecule has 2 unspecified atom stereocenters. The normalized spacial score (nSPS) is 14.2. The molecule has 1 amide bonds. The van der Waals surface area contributed by atoms with Gasteiger partial charge in [0.15, 0.2) is 0 Å². The van der Waals surface area contributed by atoms with Crippen molar-refractivity contribution in [2.45, 2.75) is 26.5 Å². The summed E-state index contributed by atoms with van der Waals surface area (Å²) in [6.45, 7) is 3.48. The second-order valence-electron chi connectivity index (χ2n) is 3.95. The first kappa shape index (κ1) is 12.7. The minimum atomic E-state index is -0.258. The van der Waals surface area contributed by atoms with Gasteiger partial charge in [-0.05, 0) is 13.0 Å². The highest BCUT2D eigenvalue weighted by Gasteiger charge is 2.17. The zero-order valence-electron chi connectivity index (χ0n) is 9.60. The van der Waals surface area contributed by atoms with E-state index in [9.17, 15) is 4.79 Å². The molecule has 0 fully saturated rings. The molecule has 0 bridgehead atoms. The van der Waals surface area contributed by atoms with E-state index < -0.39 is 0 Å². The fourth-order valence-corrected chi connectivity index (χ4v) is 1.27. The highest BCUT2D eigenvalue weighted by Crippen LogP contribution is 2.16. The van der Waals surface area contributed by atoms with E-state index in [2.05, 4.69) is 5.32 Å². The summed E-state index contributed by atoms with van der Waals surface area (Å²) in [7, 11) is 0. The number of anilines is 1. The number of rotatable bonds is 4. The Morgan fingerprint density at radius 1 is 1.44 bits per heavy atom. The van der Waals surface area contributed by atoms with Crippen LogP contribution in [0.4, 0.5) is 5.69 Å². The van der Waals surface area contributed by atoms with Crippen molar-refractivity contribution in [3.05, 3.63) is 29.8 Å². The van der Waals surface area contributed by atoms with Crippen LogP contribution in [-0.4, -0.2) is 17.1 Å². The molecule has 1 rings (SSSR count). The summed E-state index contributed by atoms with van der Waals surface area (Å²) >= 11 is 0. The largest absolute Gasteiger partial charge is 0.392 e. The monoisotopic (exact) mass is 222 g/mol. The van der Waals surface area contributed by atoms with Crippen molar-refractivity contribution < 1.29 is 9.90 Å². The van der Waals surface area contributed by atoms with E-state index in [1.807, 2.05) is 12.1 Å². The number of carbonyl (C=O) groups is 1. The third kappa shape index (κ3) is 3.05. The van der Waals surface area contributed by atoms with E-state index in [0.29, 0.717) is 11.3 Å². The molecule has 16 heavy (non-hydrogen) atoms. The molecular weight excluding hydrogens is 204 g/mol. The Balaban J connectivity index is 2.76. The first-order valence-corrected chi connectivity index (χ1v) is 5.31. The van der Waals surface area contributed by atoms with Crippen LogP contribution < -0.4 is 11.1 Å². The standard InChI is InChI=1S/C12H18N2O2/c1-8(9(2)13)12(16)14-11-6-4-3-5-10(11)7-15/h3-6,8-9,15H,7,13H2,1-2H3,(H,14,16). The van der Waals surface area contributed by atoms with Crippen LogP contribution in [0.2, 0.25) is 0 Å². The Morgan fingerprint density at radius 3 is 2.62 bits per heavy atom. The molecule has 1 aromatic rings. The topological polar surface area (TPSA) is 75.4 Å². The fraction of sp³-hybridized carbons (Fsp3) is 0.417. The van der Waals surface area contributed by atoms with E-state index >= 15 is 0 Å². The highest BCUT2D eigenvalue weighted by molar-refractivity contribution is 5.93. The number of aliphatic hydroxyl groups excluding tert-OH is 1. The average molecular weight is 222 g/mol. The van der Waals surface area contributed by atoms with E-state index in [-0.39, 0.29) is 24.5 Å². The molecule has 0 aliphatic rings. The number of hydrogen-bond donors (Lipinski definition) is 3. The predicted molar refractivity (Wildman–Crippen MR) is 63.8 cm³/mol. The molecule has 4 N–H and O–H groups in total. The lowest BCUT2D eigenvalue weighted by Crippen LogP contribution is -2.34. The van der Waals surface area contributed by atoms with Crippen molar-refractivity contribution in [1.29, 1.82) is 0 Å². The van der Waals surface area contributed by atoms with Crippen molar-refractivity contribution in [3.8, 4) is 0 Å². The van der Waals surface area contributed by atoms with Gasteiger partial charge in [-0.3, -0.25) is 4.79 Å². The van der Waals surface area contributed by atoms with Gasteiger partial charge in [0.25, 0.3) is 0 Å². The van der Waals surface area contributed by atoms with Gasteiger partial charge in [0.05, 0.1) is 12.5 Å². The number of amides is 1. The predicted octanol–water partition coefficient (Wildman–Crippen LogP) is 1.10. The van der Waals surface area contributed by atoms with E-state index in [1.54, 1.807) is 26.0 Å². The first-order valence-electron chi connectivity index (χ1n) is 5.31. The van der Waals surface area contributed by atoms with Crippen molar-refractivity contribution in [3.63, 3.8) is 0 Å². The SMILES string of the molecule is CC(N)C(C)C(=O)Nc1ccccc1CO. The lowest BCUT2D eigenvalue weighted by molar-refractivity contribution is -0.119. The molecule has 1 aromatic carbocycles. The zero-order valence-corrected chi connectivity index (χ0v) is 9.60. The van der Waals surface area contributed by atoms with Crippen LogP contribution in [0.3, 0.4) is 0 Å². The van der Waals surface area contributed by atoms with Gasteiger partial charge in [-0.15, -0.1) is 0 Å². The Bertz CT molecular complexity index is 364. The van der Waals surface area contributed by atoms with E-state index in [0.717, 1.165) is 0 Å². The maximum Gasteiger partial charge on any atom is 0.228 e. The number of para-hydroxylation sites is 1. The summed E-state index contributed by atoms with van der Waals surface area (Å²) in [4.78, 5) is 11.7. The molecule has 0 saturated carbocycles. The molecule has 0 radical (unpaired) electrons. The van der Waals surface area contributed by atoms with Crippen LogP contribution in [0.25, 0.3) is 0 Å².